The maximum Gasteiger partial charge on any atom is 0.469 e. The van der Waals surface area contributed by atoms with Gasteiger partial charge in [-0.1, -0.05) is 13.3 Å². The van der Waals surface area contributed by atoms with Crippen LogP contribution in [0.3, 0.4) is 0 Å². The molecule has 2 N–H and O–H groups in total. The highest BCUT2D eigenvalue weighted by molar-refractivity contribution is 7.46. The summed E-state index contributed by atoms with van der Waals surface area (Å²) in [5.41, 5.74) is 0. The number of hydrogen-bond donors (Lipinski definition) is 2. The Bertz CT molecular complexity index is 208. The first kappa shape index (κ1) is 14.1. The fourth-order valence-electron chi connectivity index (χ4n) is 1.21. The Balaban J connectivity index is 4.18. The fourth-order valence-corrected chi connectivity index (χ4v) is 1.58. The molecular weight excluding hydrogens is 205 g/mol. The van der Waals surface area contributed by atoms with Gasteiger partial charge < -0.3 is 14.3 Å². The van der Waals surface area contributed by atoms with Crippen LogP contribution < -0.4 is 0 Å². The molecular formula is C8H21NO4P+. The van der Waals surface area contributed by atoms with E-state index in [4.69, 9.17) is 9.79 Å². The van der Waals surface area contributed by atoms with E-state index < -0.39 is 7.82 Å². The van der Waals surface area contributed by atoms with E-state index in [1.807, 2.05) is 28.1 Å². The zero-order valence-corrected chi connectivity index (χ0v) is 10.2. The molecule has 0 aromatic heterocycles. The van der Waals surface area contributed by atoms with E-state index in [0.29, 0.717) is 4.48 Å². The Labute approximate surface area is 85.5 Å². The van der Waals surface area contributed by atoms with Crippen LogP contribution in [-0.4, -0.2) is 48.1 Å². The smallest absolute Gasteiger partial charge is 0.327 e. The lowest BCUT2D eigenvalue weighted by atomic mass is 10.1. The van der Waals surface area contributed by atoms with Crippen molar-refractivity contribution >= 4 is 7.82 Å². The number of quaternary nitrogens is 1. The summed E-state index contributed by atoms with van der Waals surface area (Å²) < 4.78 is 15.7. The Hall–Kier alpha value is 0.0700. The molecule has 1 atom stereocenters. The van der Waals surface area contributed by atoms with E-state index in [1.54, 1.807) is 0 Å². The molecule has 86 valence electrons. The van der Waals surface area contributed by atoms with Crippen LogP contribution in [-0.2, 0) is 9.09 Å². The second-order valence-electron chi connectivity index (χ2n) is 4.35. The number of phosphoric ester groups is 1. The zero-order chi connectivity index (χ0) is 11.4. The molecule has 0 aromatic carbocycles. The summed E-state index contributed by atoms with van der Waals surface area (Å²) >= 11 is 0. The predicted octanol–water partition coefficient (Wildman–Crippen LogP) is 0.971. The van der Waals surface area contributed by atoms with Crippen LogP contribution in [0.2, 0.25) is 0 Å². The monoisotopic (exact) mass is 226 g/mol. The molecule has 0 rings (SSSR count). The molecule has 0 heterocycles. The van der Waals surface area contributed by atoms with E-state index in [9.17, 15) is 4.57 Å². The fraction of sp³-hybridized carbons (Fsp3) is 1.00. The van der Waals surface area contributed by atoms with Gasteiger partial charge in [-0.2, -0.15) is 0 Å². The van der Waals surface area contributed by atoms with Gasteiger partial charge in [-0.15, -0.1) is 0 Å². The van der Waals surface area contributed by atoms with Crippen LogP contribution in [0.5, 0.6) is 0 Å². The number of likely N-dealkylation sites (N-methyl/N-ethyl adjacent to an activating group) is 1. The van der Waals surface area contributed by atoms with Gasteiger partial charge in [0.2, 0.25) is 0 Å². The quantitative estimate of drug-likeness (QED) is 0.523. The second-order valence-corrected chi connectivity index (χ2v) is 5.58. The lowest BCUT2D eigenvalue weighted by molar-refractivity contribution is -0.896. The van der Waals surface area contributed by atoms with E-state index >= 15 is 0 Å². The van der Waals surface area contributed by atoms with Gasteiger partial charge in [-0.25, -0.2) is 4.57 Å². The van der Waals surface area contributed by atoms with Gasteiger partial charge in [0.05, 0.1) is 21.1 Å². The highest BCUT2D eigenvalue weighted by atomic mass is 31.2. The highest BCUT2D eigenvalue weighted by Gasteiger charge is 2.26. The van der Waals surface area contributed by atoms with Crippen molar-refractivity contribution in [2.24, 2.45) is 0 Å². The van der Waals surface area contributed by atoms with Crippen molar-refractivity contribution in [2.75, 3.05) is 27.7 Å². The minimum atomic E-state index is -4.32. The third kappa shape index (κ3) is 6.51. The van der Waals surface area contributed by atoms with Gasteiger partial charge in [0.1, 0.15) is 12.6 Å². The van der Waals surface area contributed by atoms with Crippen molar-refractivity contribution < 1.29 is 23.4 Å². The van der Waals surface area contributed by atoms with Gasteiger partial charge in [-0.3, -0.25) is 4.52 Å². The Morgan fingerprint density at radius 2 is 1.86 bits per heavy atom. The van der Waals surface area contributed by atoms with E-state index in [-0.39, 0.29) is 12.6 Å². The molecule has 1 unspecified atom stereocenters. The summed E-state index contributed by atoms with van der Waals surface area (Å²) in [5.74, 6) is 0. The first-order chi connectivity index (χ1) is 6.17. The molecule has 0 saturated carbocycles. The lowest BCUT2D eigenvalue weighted by Gasteiger charge is -2.33. The van der Waals surface area contributed by atoms with E-state index in [0.717, 1.165) is 12.8 Å². The first-order valence-corrected chi connectivity index (χ1v) is 6.21. The lowest BCUT2D eigenvalue weighted by Crippen LogP contribution is -2.47. The molecule has 6 heteroatoms. The van der Waals surface area contributed by atoms with Crippen LogP contribution >= 0.6 is 7.82 Å². The van der Waals surface area contributed by atoms with Gasteiger partial charge in [-0.05, 0) is 0 Å². The molecule has 0 saturated heterocycles. The zero-order valence-electron chi connectivity index (χ0n) is 9.30. The number of rotatable bonds is 6. The average molecular weight is 226 g/mol. The van der Waals surface area contributed by atoms with Crippen LogP contribution in [0, 0.1) is 0 Å². The second kappa shape index (κ2) is 5.24. The molecule has 0 aromatic rings. The first-order valence-electron chi connectivity index (χ1n) is 4.68. The molecule has 0 aliphatic carbocycles. The van der Waals surface area contributed by atoms with Crippen molar-refractivity contribution in [3.05, 3.63) is 0 Å². The van der Waals surface area contributed by atoms with Gasteiger partial charge in [0.25, 0.3) is 0 Å². The molecule has 0 bridgehead atoms. The molecule has 0 radical (unpaired) electrons. The Morgan fingerprint density at radius 1 is 1.36 bits per heavy atom. The normalized spacial score (nSPS) is 15.6. The third-order valence-electron chi connectivity index (χ3n) is 2.15. The van der Waals surface area contributed by atoms with Gasteiger partial charge in [0, 0.05) is 6.42 Å². The van der Waals surface area contributed by atoms with Crippen molar-refractivity contribution in [2.45, 2.75) is 25.8 Å². The number of phosphoric acid groups is 1. The maximum absolute atomic E-state index is 10.5. The molecule has 0 aliphatic rings. The molecule has 0 aliphatic heterocycles. The van der Waals surface area contributed by atoms with Crippen molar-refractivity contribution in [3.63, 3.8) is 0 Å². The van der Waals surface area contributed by atoms with Crippen molar-refractivity contribution in [1.82, 2.24) is 0 Å². The van der Waals surface area contributed by atoms with Gasteiger partial charge >= 0.3 is 7.82 Å². The summed E-state index contributed by atoms with van der Waals surface area (Å²) in [6, 6.07) is 0.118. The van der Waals surface area contributed by atoms with E-state index in [1.165, 1.54) is 0 Å². The van der Waals surface area contributed by atoms with Crippen LogP contribution in [0.1, 0.15) is 19.8 Å². The summed E-state index contributed by atoms with van der Waals surface area (Å²) in [7, 11) is 1.65. The maximum atomic E-state index is 10.5. The van der Waals surface area contributed by atoms with Crippen molar-refractivity contribution in [3.8, 4) is 0 Å². The molecule has 0 fully saturated rings. The van der Waals surface area contributed by atoms with E-state index in [2.05, 4.69) is 4.52 Å². The van der Waals surface area contributed by atoms with Crippen molar-refractivity contribution in [1.29, 1.82) is 0 Å². The Kier molecular flexibility index (Phi) is 5.26. The molecule has 14 heavy (non-hydrogen) atoms. The summed E-state index contributed by atoms with van der Waals surface area (Å²) in [4.78, 5) is 17.2. The highest BCUT2D eigenvalue weighted by Crippen LogP contribution is 2.36. The molecule has 0 amide bonds. The topological polar surface area (TPSA) is 66.8 Å². The minimum Gasteiger partial charge on any atom is -0.327 e. The Morgan fingerprint density at radius 3 is 2.14 bits per heavy atom. The predicted molar refractivity (Wildman–Crippen MR) is 54.7 cm³/mol. The number of hydrogen-bond acceptors (Lipinski definition) is 2. The van der Waals surface area contributed by atoms with Crippen LogP contribution in [0.15, 0.2) is 0 Å². The standard InChI is InChI=1S/C8H20NO4P/c1-5-6-8(9(2,3)4)7-13-14(10,11)12/h8H,5-7H2,1-4H3,(H-,10,11,12)/p+1. The molecule has 0 spiro atoms. The summed E-state index contributed by atoms with van der Waals surface area (Å²) in [6.45, 7) is 2.14. The van der Waals surface area contributed by atoms with Gasteiger partial charge in [0.15, 0.2) is 0 Å². The largest absolute Gasteiger partial charge is 0.469 e. The van der Waals surface area contributed by atoms with Crippen LogP contribution in [0.4, 0.5) is 0 Å². The summed E-state index contributed by atoms with van der Waals surface area (Å²) in [6.07, 6.45) is 1.87. The van der Waals surface area contributed by atoms with Crippen LogP contribution in [0.25, 0.3) is 0 Å². The summed E-state index contributed by atoms with van der Waals surface area (Å²) in [5, 5.41) is 0. The number of nitrogens with zero attached hydrogens (tertiary/aromatic N) is 1. The SMILES string of the molecule is CCCC(COP(=O)(O)O)[N+](C)(C)C. The molecule has 5 nitrogen and oxygen atoms in total. The third-order valence-corrected chi connectivity index (χ3v) is 2.64. The minimum absolute atomic E-state index is 0.0988. The average Bonchev–Trinajstić information content (AvgIpc) is 1.93.